The van der Waals surface area contributed by atoms with Crippen molar-refractivity contribution >= 4 is 0 Å². The maximum atomic E-state index is 5.23. The fraction of sp³-hybridized carbons (Fsp3) is 0.714. The molecule has 0 aliphatic heterocycles. The summed E-state index contributed by atoms with van der Waals surface area (Å²) in [5, 5.41) is 7.54. The van der Waals surface area contributed by atoms with E-state index in [0.717, 1.165) is 5.69 Å². The van der Waals surface area contributed by atoms with Gasteiger partial charge >= 0.3 is 0 Å². The molecule has 0 saturated carbocycles. The lowest BCUT2D eigenvalue weighted by molar-refractivity contribution is 0.0272. The van der Waals surface area contributed by atoms with Gasteiger partial charge in [-0.1, -0.05) is 5.21 Å². The van der Waals surface area contributed by atoms with Crippen LogP contribution in [-0.2, 0) is 16.2 Å². The molecule has 0 radical (unpaired) electrons. The number of aromatic nitrogens is 3. The first-order valence-corrected chi connectivity index (χ1v) is 3.76. The second kappa shape index (κ2) is 4.84. The average Bonchev–Trinajstić information content (AvgIpc) is 2.46. The lowest BCUT2D eigenvalue weighted by Gasteiger charge is -2.03. The molecule has 0 bridgehead atoms. The molecule has 12 heavy (non-hydrogen) atoms. The van der Waals surface area contributed by atoms with E-state index in [1.165, 1.54) is 0 Å². The first-order valence-electron chi connectivity index (χ1n) is 3.76. The molecule has 1 rings (SSSR count). The summed E-state index contributed by atoms with van der Waals surface area (Å²) in [7, 11) is 1.64. The summed E-state index contributed by atoms with van der Waals surface area (Å²) >= 11 is 0. The molecule has 0 N–H and O–H groups in total. The highest BCUT2D eigenvalue weighted by atomic mass is 16.5. The molecule has 0 spiro atoms. The fourth-order valence-corrected chi connectivity index (χ4v) is 0.730. The fourth-order valence-electron chi connectivity index (χ4n) is 0.730. The standard InChI is InChI=1S/C7H13N3O2/c1-7-5-8-9-10(7)6-12-4-3-11-2/h5H,3-4,6H2,1-2H3. The van der Waals surface area contributed by atoms with Crippen LogP contribution in [0.1, 0.15) is 5.69 Å². The van der Waals surface area contributed by atoms with Crippen molar-refractivity contribution in [3.63, 3.8) is 0 Å². The molecule has 0 amide bonds. The van der Waals surface area contributed by atoms with Gasteiger partial charge in [0.05, 0.1) is 25.1 Å². The van der Waals surface area contributed by atoms with Crippen LogP contribution in [0.2, 0.25) is 0 Å². The Morgan fingerprint density at radius 2 is 2.33 bits per heavy atom. The molecule has 68 valence electrons. The Labute approximate surface area is 71.3 Å². The van der Waals surface area contributed by atoms with Crippen molar-refractivity contribution in [3.05, 3.63) is 11.9 Å². The van der Waals surface area contributed by atoms with E-state index in [-0.39, 0.29) is 0 Å². The minimum absolute atomic E-state index is 0.440. The highest BCUT2D eigenvalue weighted by Gasteiger charge is 1.96. The first kappa shape index (κ1) is 9.15. The molecule has 0 saturated heterocycles. The highest BCUT2D eigenvalue weighted by Crippen LogP contribution is 1.92. The van der Waals surface area contributed by atoms with E-state index >= 15 is 0 Å². The topological polar surface area (TPSA) is 49.2 Å². The number of aryl methyl sites for hydroxylation is 1. The second-order valence-electron chi connectivity index (χ2n) is 2.41. The Balaban J connectivity index is 2.20. The minimum atomic E-state index is 0.440. The second-order valence-corrected chi connectivity index (χ2v) is 2.41. The van der Waals surface area contributed by atoms with E-state index in [0.29, 0.717) is 19.9 Å². The SMILES string of the molecule is COCCOCn1nncc1C. The van der Waals surface area contributed by atoms with Crippen LogP contribution in [0.3, 0.4) is 0 Å². The Bertz CT molecular complexity index is 224. The molecule has 1 heterocycles. The van der Waals surface area contributed by atoms with Crippen molar-refractivity contribution in [1.82, 2.24) is 15.0 Å². The Morgan fingerprint density at radius 1 is 1.50 bits per heavy atom. The smallest absolute Gasteiger partial charge is 0.141 e. The molecule has 0 aliphatic rings. The predicted molar refractivity (Wildman–Crippen MR) is 42.6 cm³/mol. The molecular formula is C7H13N3O2. The monoisotopic (exact) mass is 171 g/mol. The van der Waals surface area contributed by atoms with Gasteiger partial charge in [-0.15, -0.1) is 5.10 Å². The minimum Gasteiger partial charge on any atom is -0.382 e. The lowest BCUT2D eigenvalue weighted by atomic mass is 10.5. The van der Waals surface area contributed by atoms with E-state index in [9.17, 15) is 0 Å². The summed E-state index contributed by atoms with van der Waals surface area (Å²) in [4.78, 5) is 0. The number of nitrogens with zero attached hydrogens (tertiary/aromatic N) is 3. The third-order valence-electron chi connectivity index (χ3n) is 1.46. The molecule has 0 unspecified atom stereocenters. The molecule has 0 atom stereocenters. The van der Waals surface area contributed by atoms with Gasteiger partial charge in [0.2, 0.25) is 0 Å². The number of methoxy groups -OCH3 is 1. The van der Waals surface area contributed by atoms with Crippen LogP contribution in [0.4, 0.5) is 0 Å². The number of ether oxygens (including phenoxy) is 2. The molecular weight excluding hydrogens is 158 g/mol. The largest absolute Gasteiger partial charge is 0.382 e. The van der Waals surface area contributed by atoms with Gasteiger partial charge in [0.1, 0.15) is 6.73 Å². The van der Waals surface area contributed by atoms with Crippen LogP contribution < -0.4 is 0 Å². The van der Waals surface area contributed by atoms with Gasteiger partial charge in [-0.2, -0.15) is 0 Å². The number of rotatable bonds is 5. The van der Waals surface area contributed by atoms with Crippen molar-refractivity contribution in [3.8, 4) is 0 Å². The Hall–Kier alpha value is -0.940. The first-order chi connectivity index (χ1) is 5.84. The maximum Gasteiger partial charge on any atom is 0.141 e. The summed E-state index contributed by atoms with van der Waals surface area (Å²) < 4.78 is 11.7. The Morgan fingerprint density at radius 3 is 2.92 bits per heavy atom. The van der Waals surface area contributed by atoms with Gasteiger partial charge in [-0.05, 0) is 6.92 Å². The molecule has 1 aromatic rings. The molecule has 0 aliphatic carbocycles. The maximum absolute atomic E-state index is 5.23. The van der Waals surface area contributed by atoms with Gasteiger partial charge in [-0.3, -0.25) is 0 Å². The van der Waals surface area contributed by atoms with Gasteiger partial charge < -0.3 is 9.47 Å². The average molecular weight is 171 g/mol. The van der Waals surface area contributed by atoms with Gasteiger partial charge in [0, 0.05) is 7.11 Å². The summed E-state index contributed by atoms with van der Waals surface area (Å²) in [5.74, 6) is 0. The van der Waals surface area contributed by atoms with E-state index in [4.69, 9.17) is 9.47 Å². The third-order valence-corrected chi connectivity index (χ3v) is 1.46. The third kappa shape index (κ3) is 2.60. The summed E-state index contributed by atoms with van der Waals surface area (Å²) in [6.45, 7) is 3.55. The van der Waals surface area contributed by atoms with Gasteiger partial charge in [0.15, 0.2) is 0 Å². The molecule has 5 heteroatoms. The lowest BCUT2D eigenvalue weighted by Crippen LogP contribution is -2.09. The van der Waals surface area contributed by atoms with Gasteiger partial charge in [0.25, 0.3) is 0 Å². The molecule has 0 fully saturated rings. The summed E-state index contributed by atoms with van der Waals surface area (Å²) in [6, 6.07) is 0. The van der Waals surface area contributed by atoms with Crippen molar-refractivity contribution in [2.45, 2.75) is 13.7 Å². The zero-order chi connectivity index (χ0) is 8.81. The van der Waals surface area contributed by atoms with E-state index in [2.05, 4.69) is 10.3 Å². The van der Waals surface area contributed by atoms with Gasteiger partial charge in [-0.25, -0.2) is 4.68 Å². The summed E-state index contributed by atoms with van der Waals surface area (Å²) in [5.41, 5.74) is 0.993. The van der Waals surface area contributed by atoms with E-state index in [1.54, 1.807) is 18.0 Å². The number of hydrogen-bond donors (Lipinski definition) is 0. The van der Waals surface area contributed by atoms with Crippen molar-refractivity contribution in [1.29, 1.82) is 0 Å². The predicted octanol–water partition coefficient (Wildman–Crippen LogP) is 0.207. The van der Waals surface area contributed by atoms with E-state index in [1.807, 2.05) is 6.92 Å². The highest BCUT2D eigenvalue weighted by molar-refractivity contribution is 4.87. The van der Waals surface area contributed by atoms with Crippen LogP contribution in [0, 0.1) is 6.92 Å². The van der Waals surface area contributed by atoms with E-state index < -0.39 is 0 Å². The van der Waals surface area contributed by atoms with Crippen LogP contribution >= 0.6 is 0 Å². The molecule has 0 aromatic carbocycles. The van der Waals surface area contributed by atoms with Crippen molar-refractivity contribution < 1.29 is 9.47 Å². The number of hydrogen-bond acceptors (Lipinski definition) is 4. The molecule has 1 aromatic heterocycles. The Kier molecular flexibility index (Phi) is 3.69. The van der Waals surface area contributed by atoms with Crippen LogP contribution in [-0.4, -0.2) is 35.3 Å². The molecule has 5 nitrogen and oxygen atoms in total. The summed E-state index contributed by atoms with van der Waals surface area (Å²) in [6.07, 6.45) is 1.69. The zero-order valence-corrected chi connectivity index (χ0v) is 7.36. The van der Waals surface area contributed by atoms with Crippen molar-refractivity contribution in [2.75, 3.05) is 20.3 Å². The van der Waals surface area contributed by atoms with Crippen LogP contribution in [0.25, 0.3) is 0 Å². The van der Waals surface area contributed by atoms with Crippen LogP contribution in [0.15, 0.2) is 6.20 Å². The quantitative estimate of drug-likeness (QED) is 0.594. The normalized spacial score (nSPS) is 10.5. The van der Waals surface area contributed by atoms with Crippen LogP contribution in [0.5, 0.6) is 0 Å². The van der Waals surface area contributed by atoms with Crippen molar-refractivity contribution in [2.24, 2.45) is 0 Å². The zero-order valence-electron chi connectivity index (χ0n) is 7.36.